The standard InChI is InChI=1S/C25H21NO/c27-25(22-16-15-19-9-7-8-12-21(19)17-22)18-24(20-10-3-1-4-11-20)26-23-13-5-2-6-14-23/h1-17,24,26H,18H2. The number of carbonyl (C=O) groups excluding carboxylic acids is 1. The van der Waals surface area contributed by atoms with Crippen molar-refractivity contribution in [1.82, 2.24) is 0 Å². The summed E-state index contributed by atoms with van der Waals surface area (Å²) >= 11 is 0. The summed E-state index contributed by atoms with van der Waals surface area (Å²) in [6.07, 6.45) is 0.400. The number of para-hydroxylation sites is 1. The SMILES string of the molecule is O=C(CC(Nc1ccccc1)c1ccccc1)c1ccc2ccccc2c1. The molecular weight excluding hydrogens is 330 g/mol. The van der Waals surface area contributed by atoms with E-state index in [4.69, 9.17) is 0 Å². The maximum Gasteiger partial charge on any atom is 0.165 e. The minimum absolute atomic E-state index is 0.0763. The minimum Gasteiger partial charge on any atom is -0.378 e. The molecule has 0 amide bonds. The van der Waals surface area contributed by atoms with Gasteiger partial charge in [-0.3, -0.25) is 4.79 Å². The van der Waals surface area contributed by atoms with Crippen LogP contribution in [0, 0.1) is 0 Å². The zero-order valence-corrected chi connectivity index (χ0v) is 15.0. The van der Waals surface area contributed by atoms with Crippen LogP contribution >= 0.6 is 0 Å². The molecule has 1 N–H and O–H groups in total. The Morgan fingerprint density at radius 3 is 2.07 bits per heavy atom. The van der Waals surface area contributed by atoms with Crippen molar-refractivity contribution in [3.63, 3.8) is 0 Å². The largest absolute Gasteiger partial charge is 0.378 e. The van der Waals surface area contributed by atoms with E-state index < -0.39 is 0 Å². The van der Waals surface area contributed by atoms with Gasteiger partial charge < -0.3 is 5.32 Å². The van der Waals surface area contributed by atoms with Gasteiger partial charge in [-0.1, -0.05) is 84.9 Å². The second-order valence-corrected chi connectivity index (χ2v) is 6.66. The number of benzene rings is 4. The molecule has 0 saturated carbocycles. The van der Waals surface area contributed by atoms with E-state index >= 15 is 0 Å². The number of hydrogen-bond acceptors (Lipinski definition) is 2. The van der Waals surface area contributed by atoms with Crippen molar-refractivity contribution < 1.29 is 4.79 Å². The molecule has 0 fully saturated rings. The molecule has 0 spiro atoms. The van der Waals surface area contributed by atoms with E-state index in [-0.39, 0.29) is 11.8 Å². The lowest BCUT2D eigenvalue weighted by Gasteiger charge is -2.20. The molecule has 132 valence electrons. The fraction of sp³-hybridized carbons (Fsp3) is 0.0800. The van der Waals surface area contributed by atoms with Crippen LogP contribution in [0.2, 0.25) is 0 Å². The summed E-state index contributed by atoms with van der Waals surface area (Å²) in [7, 11) is 0. The smallest absolute Gasteiger partial charge is 0.165 e. The van der Waals surface area contributed by atoms with E-state index in [1.807, 2.05) is 84.9 Å². The van der Waals surface area contributed by atoms with Gasteiger partial charge in [0.25, 0.3) is 0 Å². The lowest BCUT2D eigenvalue weighted by Crippen LogP contribution is -2.15. The molecule has 4 aromatic rings. The van der Waals surface area contributed by atoms with Crippen LogP contribution in [0.4, 0.5) is 5.69 Å². The number of anilines is 1. The van der Waals surface area contributed by atoms with Crippen molar-refractivity contribution in [3.8, 4) is 0 Å². The highest BCUT2D eigenvalue weighted by Gasteiger charge is 2.17. The lowest BCUT2D eigenvalue weighted by molar-refractivity contribution is 0.0976. The summed E-state index contributed by atoms with van der Waals surface area (Å²) < 4.78 is 0. The Morgan fingerprint density at radius 2 is 1.33 bits per heavy atom. The van der Waals surface area contributed by atoms with Crippen LogP contribution in [0.15, 0.2) is 103 Å². The number of carbonyl (C=O) groups is 1. The zero-order valence-electron chi connectivity index (χ0n) is 15.0. The van der Waals surface area contributed by atoms with E-state index in [0.29, 0.717) is 6.42 Å². The number of hydrogen-bond donors (Lipinski definition) is 1. The molecule has 1 unspecified atom stereocenters. The van der Waals surface area contributed by atoms with Gasteiger partial charge >= 0.3 is 0 Å². The van der Waals surface area contributed by atoms with Crippen molar-refractivity contribution in [3.05, 3.63) is 114 Å². The fourth-order valence-corrected chi connectivity index (χ4v) is 3.34. The third-order valence-corrected chi connectivity index (χ3v) is 4.78. The Balaban J connectivity index is 1.60. The number of ketones is 1. The van der Waals surface area contributed by atoms with Gasteiger partial charge in [0.2, 0.25) is 0 Å². The van der Waals surface area contributed by atoms with Crippen molar-refractivity contribution in [2.24, 2.45) is 0 Å². The molecule has 0 aromatic heterocycles. The quantitative estimate of drug-likeness (QED) is 0.415. The van der Waals surface area contributed by atoms with Crippen LogP contribution in [0.25, 0.3) is 10.8 Å². The molecule has 0 saturated heterocycles. The molecule has 2 nitrogen and oxygen atoms in total. The average Bonchev–Trinajstić information content (AvgIpc) is 2.74. The van der Waals surface area contributed by atoms with E-state index in [0.717, 1.165) is 27.6 Å². The Bertz CT molecular complexity index is 1040. The van der Waals surface area contributed by atoms with Crippen molar-refractivity contribution in [1.29, 1.82) is 0 Å². The Hall–Kier alpha value is -3.39. The van der Waals surface area contributed by atoms with Gasteiger partial charge in [-0.2, -0.15) is 0 Å². The van der Waals surface area contributed by atoms with Crippen molar-refractivity contribution in [2.75, 3.05) is 5.32 Å². The van der Waals surface area contributed by atoms with E-state index in [1.165, 1.54) is 0 Å². The third-order valence-electron chi connectivity index (χ3n) is 4.78. The molecule has 2 heteroatoms. The first-order valence-electron chi connectivity index (χ1n) is 9.18. The summed E-state index contributed by atoms with van der Waals surface area (Å²) in [4.78, 5) is 13.0. The number of rotatable bonds is 6. The summed E-state index contributed by atoms with van der Waals surface area (Å²) in [6.45, 7) is 0. The molecule has 1 atom stereocenters. The molecular formula is C25H21NO. The predicted molar refractivity (Wildman–Crippen MR) is 112 cm³/mol. The summed E-state index contributed by atoms with van der Waals surface area (Å²) in [5, 5.41) is 5.75. The summed E-state index contributed by atoms with van der Waals surface area (Å²) in [6, 6.07) is 34.1. The van der Waals surface area contributed by atoms with E-state index in [2.05, 4.69) is 23.5 Å². The van der Waals surface area contributed by atoms with Gasteiger partial charge in [-0.25, -0.2) is 0 Å². The monoisotopic (exact) mass is 351 g/mol. The van der Waals surface area contributed by atoms with Crippen LogP contribution in [0.5, 0.6) is 0 Å². The van der Waals surface area contributed by atoms with Gasteiger partial charge in [0, 0.05) is 17.7 Å². The van der Waals surface area contributed by atoms with Gasteiger partial charge in [0.1, 0.15) is 0 Å². The fourth-order valence-electron chi connectivity index (χ4n) is 3.34. The van der Waals surface area contributed by atoms with Gasteiger partial charge in [0.15, 0.2) is 5.78 Å². The molecule has 0 radical (unpaired) electrons. The number of nitrogens with one attached hydrogen (secondary N) is 1. The highest BCUT2D eigenvalue weighted by atomic mass is 16.1. The Morgan fingerprint density at radius 1 is 0.704 bits per heavy atom. The normalized spacial score (nSPS) is 11.9. The lowest BCUT2D eigenvalue weighted by atomic mass is 9.96. The topological polar surface area (TPSA) is 29.1 Å². The Kier molecular flexibility index (Phi) is 4.97. The predicted octanol–water partition coefficient (Wildman–Crippen LogP) is 6.27. The second kappa shape index (κ2) is 7.88. The minimum atomic E-state index is -0.0763. The van der Waals surface area contributed by atoms with Crippen molar-refractivity contribution in [2.45, 2.75) is 12.5 Å². The summed E-state index contributed by atoms with van der Waals surface area (Å²) in [5.74, 6) is 0.137. The third kappa shape index (κ3) is 4.06. The molecule has 0 aliphatic carbocycles. The van der Waals surface area contributed by atoms with Crippen LogP contribution in [0.1, 0.15) is 28.4 Å². The highest BCUT2D eigenvalue weighted by Crippen LogP contribution is 2.25. The highest BCUT2D eigenvalue weighted by molar-refractivity contribution is 6.00. The molecule has 0 aliphatic rings. The van der Waals surface area contributed by atoms with E-state index in [1.54, 1.807) is 0 Å². The molecule has 27 heavy (non-hydrogen) atoms. The first kappa shape index (κ1) is 17.0. The van der Waals surface area contributed by atoms with E-state index in [9.17, 15) is 4.79 Å². The Labute approximate surface area is 159 Å². The first-order chi connectivity index (χ1) is 13.3. The average molecular weight is 351 g/mol. The van der Waals surface area contributed by atoms with Crippen LogP contribution < -0.4 is 5.32 Å². The molecule has 4 aromatic carbocycles. The van der Waals surface area contributed by atoms with Crippen LogP contribution in [-0.2, 0) is 0 Å². The molecule has 0 heterocycles. The maximum atomic E-state index is 13.0. The second-order valence-electron chi connectivity index (χ2n) is 6.66. The zero-order chi connectivity index (χ0) is 18.5. The molecule has 0 bridgehead atoms. The van der Waals surface area contributed by atoms with Gasteiger partial charge in [0.05, 0.1) is 6.04 Å². The van der Waals surface area contributed by atoms with Gasteiger partial charge in [-0.05, 0) is 34.5 Å². The maximum absolute atomic E-state index is 13.0. The molecule has 4 rings (SSSR count). The van der Waals surface area contributed by atoms with Crippen LogP contribution in [-0.4, -0.2) is 5.78 Å². The first-order valence-corrected chi connectivity index (χ1v) is 9.18. The van der Waals surface area contributed by atoms with Crippen LogP contribution in [0.3, 0.4) is 0 Å². The summed E-state index contributed by atoms with van der Waals surface area (Å²) in [5.41, 5.74) is 2.87. The number of Topliss-reactive ketones (excluding diaryl/α,β-unsaturated/α-hetero) is 1. The van der Waals surface area contributed by atoms with Crippen molar-refractivity contribution >= 4 is 22.2 Å². The molecule has 0 aliphatic heterocycles. The number of fused-ring (bicyclic) bond motifs is 1. The van der Waals surface area contributed by atoms with Gasteiger partial charge in [-0.15, -0.1) is 0 Å².